The first-order chi connectivity index (χ1) is 11.2. The van der Waals surface area contributed by atoms with Crippen molar-refractivity contribution < 1.29 is 19.0 Å². The molecule has 0 atom stereocenters. The van der Waals surface area contributed by atoms with Crippen molar-refractivity contribution in [3.05, 3.63) is 36.2 Å². The second-order valence-electron chi connectivity index (χ2n) is 4.76. The van der Waals surface area contributed by atoms with Gasteiger partial charge in [0.2, 0.25) is 5.75 Å². The van der Waals surface area contributed by atoms with Gasteiger partial charge in [-0.2, -0.15) is 5.10 Å². The highest BCUT2D eigenvalue weighted by atomic mass is 16.5. The van der Waals surface area contributed by atoms with Gasteiger partial charge in [0.05, 0.1) is 26.9 Å². The number of benzene rings is 1. The van der Waals surface area contributed by atoms with E-state index in [1.54, 1.807) is 18.3 Å². The van der Waals surface area contributed by atoms with Crippen molar-refractivity contribution in [2.45, 2.75) is 13.0 Å². The Hall–Kier alpha value is -2.70. The van der Waals surface area contributed by atoms with E-state index in [4.69, 9.17) is 14.2 Å². The Morgan fingerprint density at radius 2 is 1.96 bits per heavy atom. The van der Waals surface area contributed by atoms with Crippen molar-refractivity contribution in [3.63, 3.8) is 0 Å². The SMILES string of the molecule is COc1ccc(C(=O)NCCCn2cccn2)c(OC)c1OC. The lowest BCUT2D eigenvalue weighted by atomic mass is 10.1. The summed E-state index contributed by atoms with van der Waals surface area (Å²) >= 11 is 0. The highest BCUT2D eigenvalue weighted by Crippen LogP contribution is 2.39. The number of nitrogens with one attached hydrogen (secondary N) is 1. The van der Waals surface area contributed by atoms with Gasteiger partial charge in [0.15, 0.2) is 11.5 Å². The molecule has 2 rings (SSSR count). The number of aromatic nitrogens is 2. The van der Waals surface area contributed by atoms with Gasteiger partial charge in [-0.1, -0.05) is 0 Å². The van der Waals surface area contributed by atoms with Crippen LogP contribution < -0.4 is 19.5 Å². The van der Waals surface area contributed by atoms with E-state index >= 15 is 0 Å². The van der Waals surface area contributed by atoms with Crippen LogP contribution in [0.3, 0.4) is 0 Å². The predicted octanol–water partition coefficient (Wildman–Crippen LogP) is 1.73. The molecule has 1 heterocycles. The zero-order valence-electron chi connectivity index (χ0n) is 13.5. The number of carbonyl (C=O) groups excluding carboxylic acids is 1. The van der Waals surface area contributed by atoms with Crippen molar-refractivity contribution >= 4 is 5.91 Å². The van der Waals surface area contributed by atoms with Crippen LogP contribution >= 0.6 is 0 Å². The van der Waals surface area contributed by atoms with Gasteiger partial charge in [-0.25, -0.2) is 0 Å². The first kappa shape index (κ1) is 16.7. The molecule has 1 N–H and O–H groups in total. The van der Waals surface area contributed by atoms with Crippen LogP contribution in [0.4, 0.5) is 0 Å². The Morgan fingerprint density at radius 3 is 2.57 bits per heavy atom. The Bertz CT molecular complexity index is 641. The summed E-state index contributed by atoms with van der Waals surface area (Å²) in [4.78, 5) is 12.3. The molecule has 0 bridgehead atoms. The van der Waals surface area contributed by atoms with E-state index in [2.05, 4.69) is 10.4 Å². The maximum Gasteiger partial charge on any atom is 0.255 e. The maximum atomic E-state index is 12.3. The summed E-state index contributed by atoms with van der Waals surface area (Å²) in [7, 11) is 4.53. The average Bonchev–Trinajstić information content (AvgIpc) is 3.10. The molecule has 0 radical (unpaired) electrons. The first-order valence-electron chi connectivity index (χ1n) is 7.25. The summed E-state index contributed by atoms with van der Waals surface area (Å²) in [6, 6.07) is 5.20. The van der Waals surface area contributed by atoms with Crippen molar-refractivity contribution in [2.75, 3.05) is 27.9 Å². The monoisotopic (exact) mass is 319 g/mol. The molecule has 1 aromatic carbocycles. The topological polar surface area (TPSA) is 74.6 Å². The lowest BCUT2D eigenvalue weighted by molar-refractivity contribution is 0.0949. The van der Waals surface area contributed by atoms with Gasteiger partial charge in [-0.3, -0.25) is 9.48 Å². The van der Waals surface area contributed by atoms with E-state index in [0.717, 1.165) is 13.0 Å². The van der Waals surface area contributed by atoms with Crippen molar-refractivity contribution in [2.24, 2.45) is 0 Å². The van der Waals surface area contributed by atoms with Crippen LogP contribution in [0.25, 0.3) is 0 Å². The summed E-state index contributed by atoms with van der Waals surface area (Å²) in [5.74, 6) is 1.05. The van der Waals surface area contributed by atoms with Gasteiger partial charge < -0.3 is 19.5 Å². The van der Waals surface area contributed by atoms with Gasteiger partial charge in [0.25, 0.3) is 5.91 Å². The Morgan fingerprint density at radius 1 is 1.17 bits per heavy atom. The average molecular weight is 319 g/mol. The number of nitrogens with zero attached hydrogens (tertiary/aromatic N) is 2. The van der Waals surface area contributed by atoms with Gasteiger partial charge >= 0.3 is 0 Å². The van der Waals surface area contributed by atoms with Crippen LogP contribution in [0.1, 0.15) is 16.8 Å². The lowest BCUT2D eigenvalue weighted by Gasteiger charge is -2.15. The van der Waals surface area contributed by atoms with Crippen molar-refractivity contribution in [3.8, 4) is 17.2 Å². The molecule has 7 nitrogen and oxygen atoms in total. The first-order valence-corrected chi connectivity index (χ1v) is 7.25. The van der Waals surface area contributed by atoms with Gasteiger partial charge in [0, 0.05) is 25.5 Å². The molecule has 0 aliphatic rings. The minimum absolute atomic E-state index is 0.219. The van der Waals surface area contributed by atoms with E-state index in [1.165, 1.54) is 21.3 Å². The highest BCUT2D eigenvalue weighted by molar-refractivity contribution is 5.98. The molecule has 1 aromatic heterocycles. The second-order valence-corrected chi connectivity index (χ2v) is 4.76. The number of ether oxygens (including phenoxy) is 3. The molecule has 1 amide bonds. The minimum Gasteiger partial charge on any atom is -0.493 e. The number of methoxy groups -OCH3 is 3. The normalized spacial score (nSPS) is 10.2. The molecule has 124 valence electrons. The van der Waals surface area contributed by atoms with Gasteiger partial charge in [0.1, 0.15) is 0 Å². The third-order valence-electron chi connectivity index (χ3n) is 3.36. The molecule has 0 aliphatic heterocycles. The zero-order chi connectivity index (χ0) is 16.7. The minimum atomic E-state index is -0.219. The zero-order valence-corrected chi connectivity index (χ0v) is 13.5. The molecule has 0 saturated heterocycles. The van der Waals surface area contributed by atoms with Crippen LogP contribution in [0.5, 0.6) is 17.2 Å². The van der Waals surface area contributed by atoms with Crippen molar-refractivity contribution in [1.82, 2.24) is 15.1 Å². The van der Waals surface area contributed by atoms with Crippen LogP contribution in [0.15, 0.2) is 30.6 Å². The quantitative estimate of drug-likeness (QED) is 0.750. The highest BCUT2D eigenvalue weighted by Gasteiger charge is 2.20. The van der Waals surface area contributed by atoms with Gasteiger partial charge in [-0.05, 0) is 24.6 Å². The molecule has 0 fully saturated rings. The van der Waals surface area contributed by atoms with Crippen LogP contribution in [0, 0.1) is 0 Å². The molecule has 0 unspecified atom stereocenters. The Balaban J connectivity index is 2.01. The number of hydrogen-bond acceptors (Lipinski definition) is 5. The maximum absolute atomic E-state index is 12.3. The summed E-state index contributed by atoms with van der Waals surface area (Å²) in [5.41, 5.74) is 0.407. The standard InChI is InChI=1S/C16H21N3O4/c1-21-13-7-6-12(14(22-2)15(13)23-3)16(20)17-8-4-10-19-11-5-9-18-19/h5-7,9,11H,4,8,10H2,1-3H3,(H,17,20). The molecule has 7 heteroatoms. The van der Waals surface area contributed by atoms with Crippen LogP contribution in [-0.4, -0.2) is 43.6 Å². The molecule has 0 spiro atoms. The van der Waals surface area contributed by atoms with Crippen molar-refractivity contribution in [1.29, 1.82) is 0 Å². The summed E-state index contributed by atoms with van der Waals surface area (Å²) < 4.78 is 17.6. The Labute approximate surface area is 135 Å². The number of aryl methyl sites for hydroxylation is 1. The smallest absolute Gasteiger partial charge is 0.255 e. The van der Waals surface area contributed by atoms with E-state index in [0.29, 0.717) is 29.4 Å². The van der Waals surface area contributed by atoms with Crippen LogP contribution in [-0.2, 0) is 6.54 Å². The molecule has 0 saturated carbocycles. The predicted molar refractivity (Wildman–Crippen MR) is 85.3 cm³/mol. The number of carbonyl (C=O) groups is 1. The number of hydrogen-bond donors (Lipinski definition) is 1. The Kier molecular flexibility index (Phi) is 5.85. The van der Waals surface area contributed by atoms with Gasteiger partial charge in [-0.15, -0.1) is 0 Å². The third-order valence-corrected chi connectivity index (χ3v) is 3.36. The van der Waals surface area contributed by atoms with E-state index < -0.39 is 0 Å². The number of rotatable bonds is 8. The summed E-state index contributed by atoms with van der Waals surface area (Å²) in [6.07, 6.45) is 4.40. The summed E-state index contributed by atoms with van der Waals surface area (Å²) in [5, 5.41) is 6.98. The fourth-order valence-electron chi connectivity index (χ4n) is 2.25. The molecule has 2 aromatic rings. The number of amides is 1. The fraction of sp³-hybridized carbons (Fsp3) is 0.375. The largest absolute Gasteiger partial charge is 0.493 e. The molecular weight excluding hydrogens is 298 g/mol. The molecular formula is C16H21N3O4. The third kappa shape index (κ3) is 3.94. The lowest BCUT2D eigenvalue weighted by Crippen LogP contribution is -2.26. The van der Waals surface area contributed by atoms with E-state index in [9.17, 15) is 4.79 Å². The molecule has 23 heavy (non-hydrogen) atoms. The van der Waals surface area contributed by atoms with Crippen LogP contribution in [0.2, 0.25) is 0 Å². The summed E-state index contributed by atoms with van der Waals surface area (Å²) in [6.45, 7) is 1.28. The fourth-order valence-corrected chi connectivity index (χ4v) is 2.25. The van der Waals surface area contributed by atoms with E-state index in [1.807, 2.05) is 16.9 Å². The second kappa shape index (κ2) is 8.07. The van der Waals surface area contributed by atoms with E-state index in [-0.39, 0.29) is 5.91 Å². The molecule has 0 aliphatic carbocycles.